The highest BCUT2D eigenvalue weighted by molar-refractivity contribution is 6.38. The maximum Gasteiger partial charge on any atom is 0.269 e. The summed E-state index contributed by atoms with van der Waals surface area (Å²) < 4.78 is 0. The molecule has 1 heterocycles. The predicted molar refractivity (Wildman–Crippen MR) is 83.3 cm³/mol. The van der Waals surface area contributed by atoms with Crippen molar-refractivity contribution >= 4 is 28.8 Å². The molecule has 0 bridgehead atoms. The number of anilines is 2. The standard InChI is InChI=1S/C15H16N4O4/c16-8-10-12(15(23)19-14(10)22)9-2-1-3-11(17-4-6-20)13(9)18-5-7-21/h1-3,17-18,20-21H,4-7H2,(H,19,22,23). The lowest BCUT2D eigenvalue weighted by Crippen LogP contribution is -2.23. The number of nitrogens with one attached hydrogen (secondary N) is 3. The molecule has 0 atom stereocenters. The topological polar surface area (TPSA) is 134 Å². The molecular formula is C15H16N4O4. The number of nitrogens with zero attached hydrogens (tertiary/aromatic N) is 1. The molecule has 0 aromatic heterocycles. The summed E-state index contributed by atoms with van der Waals surface area (Å²) in [5, 5.41) is 35.2. The largest absolute Gasteiger partial charge is 0.395 e. The van der Waals surface area contributed by atoms with Gasteiger partial charge in [0.25, 0.3) is 11.8 Å². The Morgan fingerprint density at radius 3 is 2.43 bits per heavy atom. The highest BCUT2D eigenvalue weighted by Gasteiger charge is 2.33. The summed E-state index contributed by atoms with van der Waals surface area (Å²) in [6, 6.07) is 6.74. The van der Waals surface area contributed by atoms with Crippen LogP contribution in [-0.2, 0) is 9.59 Å². The summed E-state index contributed by atoms with van der Waals surface area (Å²) in [4.78, 5) is 23.7. The van der Waals surface area contributed by atoms with Crippen LogP contribution in [0.3, 0.4) is 0 Å². The maximum absolute atomic E-state index is 12.0. The summed E-state index contributed by atoms with van der Waals surface area (Å²) in [6.07, 6.45) is 0. The molecule has 1 aliphatic heterocycles. The van der Waals surface area contributed by atoms with E-state index in [4.69, 9.17) is 15.5 Å². The fraction of sp³-hybridized carbons (Fsp3) is 0.267. The second-order valence-corrected chi connectivity index (χ2v) is 4.67. The van der Waals surface area contributed by atoms with E-state index in [0.717, 1.165) is 0 Å². The maximum atomic E-state index is 12.0. The normalized spacial score (nSPS) is 13.8. The average Bonchev–Trinajstić information content (AvgIpc) is 2.84. The van der Waals surface area contributed by atoms with Gasteiger partial charge < -0.3 is 20.8 Å². The molecule has 8 nitrogen and oxygen atoms in total. The summed E-state index contributed by atoms with van der Waals surface area (Å²) >= 11 is 0. The zero-order valence-corrected chi connectivity index (χ0v) is 12.2. The molecule has 2 amide bonds. The van der Waals surface area contributed by atoms with E-state index >= 15 is 0 Å². The fourth-order valence-corrected chi connectivity index (χ4v) is 2.29. The highest BCUT2D eigenvalue weighted by atomic mass is 16.3. The van der Waals surface area contributed by atoms with E-state index in [0.29, 0.717) is 16.9 Å². The second kappa shape index (κ2) is 7.40. The van der Waals surface area contributed by atoms with E-state index in [2.05, 4.69) is 16.0 Å². The van der Waals surface area contributed by atoms with Gasteiger partial charge in [-0.1, -0.05) is 12.1 Å². The summed E-state index contributed by atoms with van der Waals surface area (Å²) in [6.45, 7) is 0.278. The fourth-order valence-electron chi connectivity index (χ4n) is 2.29. The van der Waals surface area contributed by atoms with Gasteiger partial charge in [-0.15, -0.1) is 0 Å². The van der Waals surface area contributed by atoms with E-state index in [-0.39, 0.29) is 37.4 Å². The van der Waals surface area contributed by atoms with Crippen molar-refractivity contribution in [3.63, 3.8) is 0 Å². The van der Waals surface area contributed by atoms with Gasteiger partial charge >= 0.3 is 0 Å². The van der Waals surface area contributed by atoms with Gasteiger partial charge in [0.05, 0.1) is 30.2 Å². The summed E-state index contributed by atoms with van der Waals surface area (Å²) in [5.41, 5.74) is 1.18. The number of benzene rings is 1. The van der Waals surface area contributed by atoms with Crippen LogP contribution in [0.2, 0.25) is 0 Å². The molecule has 23 heavy (non-hydrogen) atoms. The average molecular weight is 316 g/mol. The van der Waals surface area contributed by atoms with E-state index < -0.39 is 11.8 Å². The Hall–Kier alpha value is -2.89. The van der Waals surface area contributed by atoms with E-state index in [1.807, 2.05) is 0 Å². The monoisotopic (exact) mass is 316 g/mol. The van der Waals surface area contributed by atoms with Gasteiger partial charge in [-0.25, -0.2) is 0 Å². The van der Waals surface area contributed by atoms with Crippen molar-refractivity contribution < 1.29 is 19.8 Å². The number of carbonyl (C=O) groups is 2. The third-order valence-electron chi connectivity index (χ3n) is 3.22. The molecule has 0 aliphatic carbocycles. The van der Waals surface area contributed by atoms with Crippen molar-refractivity contribution in [1.29, 1.82) is 5.26 Å². The molecule has 1 aromatic carbocycles. The lowest BCUT2D eigenvalue weighted by molar-refractivity contribution is -0.123. The smallest absolute Gasteiger partial charge is 0.269 e. The molecule has 1 aliphatic rings. The van der Waals surface area contributed by atoms with E-state index in [1.165, 1.54) is 0 Å². The van der Waals surface area contributed by atoms with Crippen molar-refractivity contribution in [3.8, 4) is 6.07 Å². The molecule has 0 saturated heterocycles. The molecule has 0 unspecified atom stereocenters. The number of para-hydroxylation sites is 1. The van der Waals surface area contributed by atoms with Crippen molar-refractivity contribution in [2.24, 2.45) is 0 Å². The van der Waals surface area contributed by atoms with Crippen LogP contribution in [0.5, 0.6) is 0 Å². The van der Waals surface area contributed by atoms with Crippen LogP contribution in [0.4, 0.5) is 11.4 Å². The van der Waals surface area contributed by atoms with Crippen molar-refractivity contribution in [3.05, 3.63) is 29.3 Å². The molecule has 8 heteroatoms. The predicted octanol–water partition coefficient (Wildman–Crippen LogP) is -0.571. The highest BCUT2D eigenvalue weighted by Crippen LogP contribution is 2.34. The number of aliphatic hydroxyl groups is 2. The molecule has 1 aromatic rings. The third-order valence-corrected chi connectivity index (χ3v) is 3.22. The van der Waals surface area contributed by atoms with Crippen LogP contribution in [0, 0.1) is 11.3 Å². The van der Waals surface area contributed by atoms with Crippen molar-refractivity contribution in [2.45, 2.75) is 0 Å². The number of nitriles is 1. The first-order chi connectivity index (χ1) is 11.1. The van der Waals surface area contributed by atoms with Gasteiger partial charge in [0.15, 0.2) is 0 Å². The lowest BCUT2D eigenvalue weighted by Gasteiger charge is -2.17. The zero-order valence-electron chi connectivity index (χ0n) is 12.2. The Morgan fingerprint density at radius 1 is 1.09 bits per heavy atom. The first-order valence-corrected chi connectivity index (χ1v) is 6.97. The van der Waals surface area contributed by atoms with Crippen LogP contribution in [0.1, 0.15) is 5.56 Å². The Morgan fingerprint density at radius 2 is 1.78 bits per heavy atom. The molecule has 5 N–H and O–H groups in total. The van der Waals surface area contributed by atoms with E-state index in [9.17, 15) is 9.59 Å². The number of imide groups is 1. The molecule has 120 valence electrons. The Kier molecular flexibility index (Phi) is 5.30. The SMILES string of the molecule is N#CC1=C(c2cccc(NCCO)c2NCCO)C(=O)NC1=O. The first-order valence-electron chi connectivity index (χ1n) is 6.97. The van der Waals surface area contributed by atoms with Crippen LogP contribution in [0.25, 0.3) is 5.57 Å². The minimum Gasteiger partial charge on any atom is -0.395 e. The number of aliphatic hydroxyl groups excluding tert-OH is 2. The zero-order chi connectivity index (χ0) is 16.8. The van der Waals surface area contributed by atoms with Crippen LogP contribution >= 0.6 is 0 Å². The molecule has 2 rings (SSSR count). The molecule has 0 fully saturated rings. The van der Waals surface area contributed by atoms with Crippen molar-refractivity contribution in [2.75, 3.05) is 36.9 Å². The number of hydrogen-bond acceptors (Lipinski definition) is 7. The van der Waals surface area contributed by atoms with Gasteiger partial charge in [0.2, 0.25) is 0 Å². The van der Waals surface area contributed by atoms with E-state index in [1.54, 1.807) is 24.3 Å². The Bertz CT molecular complexity index is 706. The molecule has 0 spiro atoms. The quantitative estimate of drug-likeness (QED) is 0.425. The number of carbonyl (C=O) groups excluding carboxylic acids is 2. The van der Waals surface area contributed by atoms with Gasteiger partial charge in [0, 0.05) is 18.7 Å². The minimum absolute atomic E-state index is 0.00871. The Balaban J connectivity index is 2.57. The Labute approximate surface area is 132 Å². The first kappa shape index (κ1) is 16.5. The molecular weight excluding hydrogens is 300 g/mol. The summed E-state index contributed by atoms with van der Waals surface area (Å²) in [5.74, 6) is -1.37. The minimum atomic E-state index is -0.727. The third kappa shape index (κ3) is 3.31. The number of hydrogen-bond donors (Lipinski definition) is 5. The lowest BCUT2D eigenvalue weighted by atomic mass is 9.99. The second-order valence-electron chi connectivity index (χ2n) is 4.67. The number of amides is 2. The van der Waals surface area contributed by atoms with Crippen LogP contribution in [0.15, 0.2) is 23.8 Å². The van der Waals surface area contributed by atoms with Gasteiger partial charge in [-0.2, -0.15) is 5.26 Å². The molecule has 0 saturated carbocycles. The van der Waals surface area contributed by atoms with Gasteiger partial charge in [-0.05, 0) is 6.07 Å². The van der Waals surface area contributed by atoms with Gasteiger partial charge in [-0.3, -0.25) is 14.9 Å². The van der Waals surface area contributed by atoms with Crippen LogP contribution < -0.4 is 16.0 Å². The van der Waals surface area contributed by atoms with Gasteiger partial charge in [0.1, 0.15) is 11.6 Å². The number of rotatable bonds is 7. The molecule has 0 radical (unpaired) electrons. The van der Waals surface area contributed by atoms with Crippen LogP contribution in [-0.4, -0.2) is 48.3 Å². The summed E-state index contributed by atoms with van der Waals surface area (Å²) in [7, 11) is 0. The van der Waals surface area contributed by atoms with Crippen molar-refractivity contribution in [1.82, 2.24) is 5.32 Å².